The molecule has 94 valence electrons. The van der Waals surface area contributed by atoms with Gasteiger partial charge in [0, 0.05) is 33.9 Å². The van der Waals surface area contributed by atoms with Crippen LogP contribution in [-0.4, -0.2) is 14.4 Å². The molecule has 1 aromatic carbocycles. The molecular formula is C17H11N3. The molecule has 0 aliphatic heterocycles. The molecule has 4 heterocycles. The highest BCUT2D eigenvalue weighted by atomic mass is 14.9. The summed E-state index contributed by atoms with van der Waals surface area (Å²) in [6, 6.07) is 8.71. The van der Waals surface area contributed by atoms with Gasteiger partial charge in [0.05, 0.1) is 28.9 Å². The summed E-state index contributed by atoms with van der Waals surface area (Å²) < 4.78 is 2.29. The van der Waals surface area contributed by atoms with Crippen LogP contribution in [-0.2, 0) is 0 Å². The van der Waals surface area contributed by atoms with Gasteiger partial charge in [0.1, 0.15) is 0 Å². The van der Waals surface area contributed by atoms with E-state index in [9.17, 15) is 0 Å². The molecule has 0 aliphatic rings. The Morgan fingerprint density at radius 2 is 1.35 bits per heavy atom. The summed E-state index contributed by atoms with van der Waals surface area (Å²) in [5.41, 5.74) is 4.87. The highest BCUT2D eigenvalue weighted by molar-refractivity contribution is 6.23. The largest absolute Gasteiger partial charge is 0.305 e. The number of nitrogens with zero attached hydrogens (tertiary/aromatic N) is 3. The van der Waals surface area contributed by atoms with Crippen LogP contribution in [0.5, 0.6) is 0 Å². The number of benzene rings is 1. The molecule has 5 rings (SSSR count). The van der Waals surface area contributed by atoms with Crippen LogP contribution in [0, 0.1) is 6.92 Å². The highest BCUT2D eigenvalue weighted by Crippen LogP contribution is 2.38. The van der Waals surface area contributed by atoms with E-state index in [-0.39, 0.29) is 0 Å². The van der Waals surface area contributed by atoms with Crippen LogP contribution >= 0.6 is 0 Å². The Labute approximate surface area is 114 Å². The van der Waals surface area contributed by atoms with E-state index in [0.29, 0.717) is 0 Å². The fourth-order valence-corrected chi connectivity index (χ4v) is 3.39. The second-order valence-electron chi connectivity index (χ2n) is 5.33. The second-order valence-corrected chi connectivity index (χ2v) is 5.33. The summed E-state index contributed by atoms with van der Waals surface area (Å²) >= 11 is 0. The third kappa shape index (κ3) is 1.03. The smallest absolute Gasteiger partial charge is 0.0725 e. The lowest BCUT2D eigenvalue weighted by atomic mass is 10.1. The first-order chi connectivity index (χ1) is 9.84. The Bertz CT molecular complexity index is 1020. The number of hydrogen-bond donors (Lipinski definition) is 0. The molecule has 20 heavy (non-hydrogen) atoms. The van der Waals surface area contributed by atoms with E-state index in [1.165, 1.54) is 32.6 Å². The van der Waals surface area contributed by atoms with Crippen LogP contribution in [0.15, 0.2) is 49.1 Å². The summed E-state index contributed by atoms with van der Waals surface area (Å²) in [4.78, 5) is 8.59. The number of aryl methyl sites for hydroxylation is 1. The normalized spacial score (nSPS) is 12.2. The highest BCUT2D eigenvalue weighted by Gasteiger charge is 2.17. The molecule has 0 atom stereocenters. The molecule has 0 radical (unpaired) electrons. The summed E-state index contributed by atoms with van der Waals surface area (Å²) in [5.74, 6) is 0. The molecular weight excluding hydrogens is 246 g/mol. The van der Waals surface area contributed by atoms with E-state index in [1.807, 2.05) is 24.8 Å². The third-order valence-corrected chi connectivity index (χ3v) is 4.14. The van der Waals surface area contributed by atoms with Gasteiger partial charge in [0.25, 0.3) is 0 Å². The molecule has 0 bridgehead atoms. The van der Waals surface area contributed by atoms with Gasteiger partial charge in [0.2, 0.25) is 0 Å². The number of pyridine rings is 2. The lowest BCUT2D eigenvalue weighted by molar-refractivity contribution is 1.27. The Hall–Kier alpha value is -2.68. The second kappa shape index (κ2) is 3.25. The predicted molar refractivity (Wildman–Crippen MR) is 81.4 cm³/mol. The summed E-state index contributed by atoms with van der Waals surface area (Å²) in [7, 11) is 0. The minimum absolute atomic E-state index is 1.15. The van der Waals surface area contributed by atoms with Gasteiger partial charge in [-0.3, -0.25) is 9.97 Å². The summed E-state index contributed by atoms with van der Waals surface area (Å²) in [6.07, 6.45) is 7.60. The monoisotopic (exact) mass is 257 g/mol. The van der Waals surface area contributed by atoms with Gasteiger partial charge in [-0.25, -0.2) is 0 Å². The molecule has 0 unspecified atom stereocenters. The number of aromatic nitrogens is 3. The quantitative estimate of drug-likeness (QED) is 0.420. The first-order valence-electron chi connectivity index (χ1n) is 6.68. The Balaban J connectivity index is 2.30. The molecule has 5 aromatic rings. The molecule has 0 saturated heterocycles. The van der Waals surface area contributed by atoms with Crippen molar-refractivity contribution < 1.29 is 0 Å². The molecule has 0 N–H and O–H groups in total. The van der Waals surface area contributed by atoms with E-state index in [0.717, 1.165) is 11.0 Å². The number of hydrogen-bond acceptors (Lipinski definition) is 2. The molecule has 4 aromatic heterocycles. The van der Waals surface area contributed by atoms with Crippen molar-refractivity contribution in [2.75, 3.05) is 0 Å². The van der Waals surface area contributed by atoms with Gasteiger partial charge in [-0.05, 0) is 36.8 Å². The van der Waals surface area contributed by atoms with Crippen molar-refractivity contribution in [2.45, 2.75) is 6.92 Å². The zero-order valence-corrected chi connectivity index (χ0v) is 11.0. The van der Waals surface area contributed by atoms with Crippen molar-refractivity contribution in [3.63, 3.8) is 0 Å². The van der Waals surface area contributed by atoms with Gasteiger partial charge in [0.15, 0.2) is 0 Å². The van der Waals surface area contributed by atoms with Crippen molar-refractivity contribution in [3.05, 3.63) is 54.6 Å². The maximum atomic E-state index is 4.29. The minimum atomic E-state index is 1.15. The van der Waals surface area contributed by atoms with Crippen LogP contribution in [0.25, 0.3) is 38.1 Å². The van der Waals surface area contributed by atoms with Crippen molar-refractivity contribution in [3.8, 4) is 0 Å². The molecule has 0 fully saturated rings. The lowest BCUT2D eigenvalue weighted by Gasteiger charge is -1.97. The topological polar surface area (TPSA) is 30.2 Å². The number of fused-ring (bicyclic) bond motifs is 6. The van der Waals surface area contributed by atoms with Gasteiger partial charge in [-0.1, -0.05) is 0 Å². The maximum Gasteiger partial charge on any atom is 0.0725 e. The molecule has 0 amide bonds. The summed E-state index contributed by atoms with van der Waals surface area (Å²) in [6.45, 7) is 2.15. The van der Waals surface area contributed by atoms with Gasteiger partial charge < -0.3 is 4.40 Å². The minimum Gasteiger partial charge on any atom is -0.305 e. The Kier molecular flexibility index (Phi) is 1.65. The average Bonchev–Trinajstić information content (AvgIpc) is 2.98. The standard InChI is InChI=1S/C17H11N3/c1-10-6-13-11-2-4-18-8-15(11)20-16-9-19-5-3-12(16)14(7-10)17(13)20/h2-9H,1H3. The molecule has 0 spiro atoms. The SMILES string of the molecule is Cc1cc2c3ccncc3n3c4cnccc4c(c1)c23. The Morgan fingerprint density at radius 3 is 1.90 bits per heavy atom. The van der Waals surface area contributed by atoms with Crippen molar-refractivity contribution in [1.82, 2.24) is 14.4 Å². The van der Waals surface area contributed by atoms with E-state index >= 15 is 0 Å². The fourth-order valence-electron chi connectivity index (χ4n) is 3.39. The van der Waals surface area contributed by atoms with E-state index < -0.39 is 0 Å². The zero-order chi connectivity index (χ0) is 13.3. The third-order valence-electron chi connectivity index (χ3n) is 4.14. The van der Waals surface area contributed by atoms with Crippen LogP contribution in [0.2, 0.25) is 0 Å². The Morgan fingerprint density at radius 1 is 0.800 bits per heavy atom. The van der Waals surface area contributed by atoms with Gasteiger partial charge in [-0.2, -0.15) is 0 Å². The molecule has 0 saturated carbocycles. The van der Waals surface area contributed by atoms with Crippen LogP contribution in [0.3, 0.4) is 0 Å². The predicted octanol–water partition coefficient (Wildman–Crippen LogP) is 3.94. The van der Waals surface area contributed by atoms with Gasteiger partial charge >= 0.3 is 0 Å². The molecule has 3 nitrogen and oxygen atoms in total. The van der Waals surface area contributed by atoms with E-state index in [2.05, 4.69) is 45.6 Å². The van der Waals surface area contributed by atoms with E-state index in [1.54, 1.807) is 0 Å². The van der Waals surface area contributed by atoms with Crippen LogP contribution in [0.1, 0.15) is 5.56 Å². The fraction of sp³-hybridized carbons (Fsp3) is 0.0588. The average molecular weight is 257 g/mol. The number of rotatable bonds is 0. The first-order valence-corrected chi connectivity index (χ1v) is 6.68. The van der Waals surface area contributed by atoms with Crippen molar-refractivity contribution in [2.24, 2.45) is 0 Å². The maximum absolute atomic E-state index is 4.29. The van der Waals surface area contributed by atoms with Crippen LogP contribution < -0.4 is 0 Å². The zero-order valence-electron chi connectivity index (χ0n) is 11.0. The van der Waals surface area contributed by atoms with Crippen molar-refractivity contribution in [1.29, 1.82) is 0 Å². The molecule has 3 heteroatoms. The molecule has 0 aliphatic carbocycles. The lowest BCUT2D eigenvalue weighted by Crippen LogP contribution is -1.81. The van der Waals surface area contributed by atoms with Gasteiger partial charge in [-0.15, -0.1) is 0 Å². The van der Waals surface area contributed by atoms with Crippen molar-refractivity contribution >= 4 is 38.1 Å². The van der Waals surface area contributed by atoms with E-state index in [4.69, 9.17) is 0 Å². The first kappa shape index (κ1) is 10.1. The summed E-state index contributed by atoms with van der Waals surface area (Å²) in [5, 5.41) is 5.12. The van der Waals surface area contributed by atoms with Crippen LogP contribution in [0.4, 0.5) is 0 Å².